The van der Waals surface area contributed by atoms with Crippen molar-refractivity contribution in [1.82, 2.24) is 14.8 Å². The molecule has 0 bridgehead atoms. The summed E-state index contributed by atoms with van der Waals surface area (Å²) >= 11 is 0. The third-order valence-corrected chi connectivity index (χ3v) is 6.65. The molecule has 1 aromatic heterocycles. The summed E-state index contributed by atoms with van der Waals surface area (Å²) in [5.74, 6) is -0.0473. The van der Waals surface area contributed by atoms with Crippen LogP contribution in [0.1, 0.15) is 16.8 Å². The highest BCUT2D eigenvalue weighted by molar-refractivity contribution is 7.91. The number of aromatic nitrogens is 1. The Labute approximate surface area is 158 Å². The smallest absolute Gasteiger partial charge is 0.340 e. The number of ether oxygens (including phenoxy) is 2. The van der Waals surface area contributed by atoms with E-state index in [1.807, 2.05) is 0 Å². The Morgan fingerprint density at radius 2 is 1.96 bits per heavy atom. The van der Waals surface area contributed by atoms with E-state index >= 15 is 0 Å². The van der Waals surface area contributed by atoms with E-state index in [0.29, 0.717) is 38.5 Å². The van der Waals surface area contributed by atoms with Crippen molar-refractivity contribution in [1.29, 1.82) is 0 Å². The number of nitrogens with zero attached hydrogens (tertiary/aromatic N) is 3. The molecule has 0 N–H and O–H groups in total. The molecule has 2 aliphatic rings. The van der Waals surface area contributed by atoms with Crippen molar-refractivity contribution in [2.45, 2.75) is 12.5 Å². The lowest BCUT2D eigenvalue weighted by molar-refractivity contribution is -0.136. The topological polar surface area (TPSA) is 106 Å². The molecule has 9 nitrogen and oxygen atoms in total. The second-order valence-electron chi connectivity index (χ2n) is 6.64. The number of carbonyl (C=O) groups is 2. The zero-order valence-corrected chi connectivity index (χ0v) is 16.0. The number of esters is 1. The lowest BCUT2D eigenvalue weighted by atomic mass is 10.2. The molecule has 0 radical (unpaired) electrons. The maximum Gasteiger partial charge on any atom is 0.340 e. The van der Waals surface area contributed by atoms with Crippen LogP contribution in [0.4, 0.5) is 0 Å². The summed E-state index contributed by atoms with van der Waals surface area (Å²) in [6.45, 7) is 1.92. The van der Waals surface area contributed by atoms with Crippen LogP contribution in [0.2, 0.25) is 0 Å². The molecule has 2 fully saturated rings. The first kappa shape index (κ1) is 19.6. The van der Waals surface area contributed by atoms with Gasteiger partial charge in [-0.15, -0.1) is 0 Å². The molecule has 2 saturated heterocycles. The monoisotopic (exact) mass is 397 g/mol. The van der Waals surface area contributed by atoms with Crippen molar-refractivity contribution in [2.24, 2.45) is 0 Å². The third-order valence-electron chi connectivity index (χ3n) is 4.90. The zero-order chi connectivity index (χ0) is 19.4. The van der Waals surface area contributed by atoms with E-state index in [1.165, 1.54) is 19.4 Å². The van der Waals surface area contributed by atoms with Gasteiger partial charge in [0.2, 0.25) is 5.88 Å². The van der Waals surface area contributed by atoms with Crippen molar-refractivity contribution in [3.8, 4) is 5.88 Å². The maximum atomic E-state index is 12.3. The molecule has 1 amide bonds. The van der Waals surface area contributed by atoms with Crippen LogP contribution >= 0.6 is 0 Å². The summed E-state index contributed by atoms with van der Waals surface area (Å²) < 4.78 is 33.2. The van der Waals surface area contributed by atoms with E-state index in [2.05, 4.69) is 9.88 Å². The second kappa shape index (κ2) is 8.22. The number of rotatable bonds is 5. The van der Waals surface area contributed by atoms with E-state index < -0.39 is 15.8 Å². The normalized spacial score (nSPS) is 22.4. The lowest BCUT2D eigenvalue weighted by Crippen LogP contribution is -2.53. The van der Waals surface area contributed by atoms with Crippen LogP contribution in [0, 0.1) is 0 Å². The minimum absolute atomic E-state index is 0.0488. The predicted molar refractivity (Wildman–Crippen MR) is 96.3 cm³/mol. The molecule has 0 aromatic carbocycles. The molecule has 0 saturated carbocycles. The molecule has 1 aromatic rings. The molecule has 10 heteroatoms. The molecule has 27 heavy (non-hydrogen) atoms. The number of pyridine rings is 1. The van der Waals surface area contributed by atoms with Crippen LogP contribution in [-0.2, 0) is 19.4 Å². The van der Waals surface area contributed by atoms with E-state index in [-0.39, 0.29) is 35.6 Å². The van der Waals surface area contributed by atoms with Crippen LogP contribution in [0.3, 0.4) is 0 Å². The SMILES string of the molecule is COc1ccc(C(=O)OCC(=O)N2CCN(C3CCS(=O)(=O)C3)CC2)cn1. The van der Waals surface area contributed by atoms with Crippen LogP contribution in [0.15, 0.2) is 18.3 Å². The Hall–Kier alpha value is -2.20. The number of methoxy groups -OCH3 is 1. The Morgan fingerprint density at radius 3 is 2.52 bits per heavy atom. The molecule has 3 rings (SSSR count). The van der Waals surface area contributed by atoms with Gasteiger partial charge in [-0.1, -0.05) is 0 Å². The molecule has 1 atom stereocenters. The number of piperazine rings is 1. The van der Waals surface area contributed by atoms with Crippen molar-refractivity contribution in [3.63, 3.8) is 0 Å². The predicted octanol–water partition coefficient (Wildman–Crippen LogP) is -0.422. The first-order valence-corrected chi connectivity index (χ1v) is 10.6. The van der Waals surface area contributed by atoms with E-state index in [4.69, 9.17) is 9.47 Å². The van der Waals surface area contributed by atoms with Gasteiger partial charge < -0.3 is 14.4 Å². The summed E-state index contributed by atoms with van der Waals surface area (Å²) in [5, 5.41) is 0. The first-order chi connectivity index (χ1) is 12.9. The fraction of sp³-hybridized carbons (Fsp3) is 0.588. The summed E-state index contributed by atoms with van der Waals surface area (Å²) in [6.07, 6.45) is 1.99. The number of hydrogen-bond acceptors (Lipinski definition) is 8. The van der Waals surface area contributed by atoms with Gasteiger partial charge in [0, 0.05) is 44.5 Å². The fourth-order valence-corrected chi connectivity index (χ4v) is 5.09. The van der Waals surface area contributed by atoms with Crippen molar-refractivity contribution >= 4 is 21.7 Å². The van der Waals surface area contributed by atoms with Gasteiger partial charge in [0.15, 0.2) is 16.4 Å². The van der Waals surface area contributed by atoms with Crippen LogP contribution in [0.5, 0.6) is 5.88 Å². The molecular weight excluding hydrogens is 374 g/mol. The van der Waals surface area contributed by atoms with E-state index in [0.717, 1.165) is 0 Å². The first-order valence-electron chi connectivity index (χ1n) is 8.77. The van der Waals surface area contributed by atoms with Gasteiger partial charge in [0.1, 0.15) is 0 Å². The molecule has 2 aliphatic heterocycles. The minimum atomic E-state index is -2.92. The van der Waals surface area contributed by atoms with Crippen LogP contribution in [-0.4, -0.2) is 92.5 Å². The van der Waals surface area contributed by atoms with Gasteiger partial charge >= 0.3 is 5.97 Å². The highest BCUT2D eigenvalue weighted by Crippen LogP contribution is 2.19. The largest absolute Gasteiger partial charge is 0.481 e. The summed E-state index contributed by atoms with van der Waals surface area (Å²) in [4.78, 5) is 31.9. The summed E-state index contributed by atoms with van der Waals surface area (Å²) in [6, 6.07) is 3.11. The number of hydrogen-bond donors (Lipinski definition) is 0. The van der Waals surface area contributed by atoms with Crippen molar-refractivity contribution < 1.29 is 27.5 Å². The molecule has 148 valence electrons. The van der Waals surface area contributed by atoms with Crippen molar-refractivity contribution in [3.05, 3.63) is 23.9 Å². The molecular formula is C17H23N3O6S. The minimum Gasteiger partial charge on any atom is -0.481 e. The fourth-order valence-electron chi connectivity index (χ4n) is 3.32. The van der Waals surface area contributed by atoms with Gasteiger partial charge in [-0.3, -0.25) is 9.69 Å². The van der Waals surface area contributed by atoms with Gasteiger partial charge in [-0.25, -0.2) is 18.2 Å². The van der Waals surface area contributed by atoms with Gasteiger partial charge in [0.25, 0.3) is 5.91 Å². The van der Waals surface area contributed by atoms with Crippen LogP contribution < -0.4 is 4.74 Å². The van der Waals surface area contributed by atoms with E-state index in [1.54, 1.807) is 11.0 Å². The molecule has 3 heterocycles. The maximum absolute atomic E-state index is 12.3. The Morgan fingerprint density at radius 1 is 1.22 bits per heavy atom. The molecule has 1 unspecified atom stereocenters. The van der Waals surface area contributed by atoms with Gasteiger partial charge in [0.05, 0.1) is 24.2 Å². The summed E-state index contributed by atoms with van der Waals surface area (Å²) in [5.41, 5.74) is 0.246. The Bertz CT molecular complexity index is 787. The highest BCUT2D eigenvalue weighted by atomic mass is 32.2. The molecule has 0 spiro atoms. The summed E-state index contributed by atoms with van der Waals surface area (Å²) in [7, 11) is -1.44. The van der Waals surface area contributed by atoms with Gasteiger partial charge in [-0.05, 0) is 12.5 Å². The standard InChI is InChI=1S/C17H23N3O6S/c1-25-15-3-2-13(10-18-15)17(22)26-11-16(21)20-7-5-19(6-8-20)14-4-9-27(23,24)12-14/h2-3,10,14H,4-9,11-12H2,1H3. The average molecular weight is 397 g/mol. The lowest BCUT2D eigenvalue weighted by Gasteiger charge is -2.37. The number of carbonyl (C=O) groups excluding carboxylic acids is 2. The Balaban J connectivity index is 1.43. The van der Waals surface area contributed by atoms with Crippen LogP contribution in [0.25, 0.3) is 0 Å². The number of sulfone groups is 1. The van der Waals surface area contributed by atoms with Crippen molar-refractivity contribution in [2.75, 3.05) is 51.4 Å². The quantitative estimate of drug-likeness (QED) is 0.617. The highest BCUT2D eigenvalue weighted by Gasteiger charge is 2.34. The zero-order valence-electron chi connectivity index (χ0n) is 15.2. The second-order valence-corrected chi connectivity index (χ2v) is 8.87. The Kier molecular flexibility index (Phi) is 5.95. The van der Waals surface area contributed by atoms with Gasteiger partial charge in [-0.2, -0.15) is 0 Å². The van der Waals surface area contributed by atoms with E-state index in [9.17, 15) is 18.0 Å². The third kappa shape index (κ3) is 4.95. The molecule has 0 aliphatic carbocycles. The number of amides is 1. The average Bonchev–Trinajstić information content (AvgIpc) is 3.05.